The van der Waals surface area contributed by atoms with Crippen molar-refractivity contribution in [3.63, 3.8) is 0 Å². The number of amides is 4. The molecule has 0 unspecified atom stereocenters. The molecule has 11 N–H and O–H groups in total. The largest absolute Gasteiger partial charge is 0.508 e. The molecule has 4 amide bonds. The molecular weight excluding hydrogens is 716 g/mol. The number of fused-ring (bicyclic) bond motifs is 2. The fraction of sp³-hybridized carbons (Fsp3) is 0.290. The van der Waals surface area contributed by atoms with Gasteiger partial charge >= 0.3 is 11.9 Å². The smallest absolute Gasteiger partial charge is 0.353 e. The summed E-state index contributed by atoms with van der Waals surface area (Å²) in [4.78, 5) is 74.1. The molecule has 4 heterocycles. The van der Waals surface area contributed by atoms with Crippen molar-refractivity contribution in [2.45, 2.75) is 41.8 Å². The van der Waals surface area contributed by atoms with Crippen LogP contribution in [0.25, 0.3) is 0 Å². The fourth-order valence-corrected chi connectivity index (χ4v) is 8.33. The molecule has 2 aromatic rings. The summed E-state index contributed by atoms with van der Waals surface area (Å²) >= 11 is 8.60. The summed E-state index contributed by atoms with van der Waals surface area (Å²) in [7, 11) is 0. The van der Waals surface area contributed by atoms with Gasteiger partial charge in [0.05, 0.1) is 5.03 Å². The van der Waals surface area contributed by atoms with Gasteiger partial charge in [-0.05, 0) is 35.8 Å². The SMILES string of the molecule is CC1=C(C(=O)O)N2C(=O)[C@@H](NC(=O)[C@H](N)c3ccc(O)cc3)[C@H]2SC1.N[C@@H](C(=O)N[C@@H]1C(=O)N2C(C(=O)O)=C(Cl)CS[C@H]12)c1ccccc1.O. The molecule has 19 heteroatoms. The number of carbonyl (C=O) groups is 6. The van der Waals surface area contributed by atoms with Gasteiger partial charge in [0.15, 0.2) is 0 Å². The first-order chi connectivity index (χ1) is 23.2. The molecule has 0 radical (unpaired) electrons. The Kier molecular flexibility index (Phi) is 11.9. The Morgan fingerprint density at radius 3 is 1.70 bits per heavy atom. The Morgan fingerprint density at radius 1 is 0.780 bits per heavy atom. The van der Waals surface area contributed by atoms with E-state index < -0.39 is 70.5 Å². The second kappa shape index (κ2) is 15.5. The highest BCUT2D eigenvalue weighted by Crippen LogP contribution is 2.42. The van der Waals surface area contributed by atoms with Gasteiger partial charge < -0.3 is 42.9 Å². The average Bonchev–Trinajstić information content (AvgIpc) is 3.09. The highest BCUT2D eigenvalue weighted by Gasteiger charge is 2.55. The normalized spacial score (nSPS) is 23.4. The summed E-state index contributed by atoms with van der Waals surface area (Å²) in [6, 6.07) is 11.2. The van der Waals surface area contributed by atoms with Crippen LogP contribution in [0.2, 0.25) is 0 Å². The van der Waals surface area contributed by atoms with E-state index in [1.807, 2.05) is 6.07 Å². The molecule has 4 aliphatic heterocycles. The van der Waals surface area contributed by atoms with E-state index in [-0.39, 0.29) is 33.4 Å². The summed E-state index contributed by atoms with van der Waals surface area (Å²) in [5.41, 5.74) is 13.3. The second-order valence-corrected chi connectivity index (χ2v) is 13.9. The predicted molar refractivity (Wildman–Crippen MR) is 183 cm³/mol. The lowest BCUT2D eigenvalue weighted by Crippen LogP contribution is -2.71. The number of aliphatic carboxylic acids is 2. The lowest BCUT2D eigenvalue weighted by Gasteiger charge is -2.49. The van der Waals surface area contributed by atoms with E-state index in [2.05, 4.69) is 10.6 Å². The van der Waals surface area contributed by atoms with Gasteiger partial charge in [0.1, 0.15) is 52.1 Å². The maximum absolute atomic E-state index is 12.3. The maximum Gasteiger partial charge on any atom is 0.353 e. The highest BCUT2D eigenvalue weighted by molar-refractivity contribution is 8.00. The number of benzene rings is 2. The van der Waals surface area contributed by atoms with Crippen molar-refractivity contribution in [3.05, 3.63) is 87.7 Å². The number of nitrogens with zero attached hydrogens (tertiary/aromatic N) is 2. The number of hydrogen-bond acceptors (Lipinski definition) is 11. The van der Waals surface area contributed by atoms with Crippen LogP contribution in [-0.4, -0.2) is 101 Å². The lowest BCUT2D eigenvalue weighted by atomic mass is 10.0. The van der Waals surface area contributed by atoms with Gasteiger partial charge in [-0.25, -0.2) is 9.59 Å². The summed E-state index contributed by atoms with van der Waals surface area (Å²) in [6.07, 6.45) is 0. The highest BCUT2D eigenvalue weighted by atomic mass is 35.5. The number of phenolic OH excluding ortho intramolecular Hbond substituents is 1. The number of thioether (sulfide) groups is 2. The summed E-state index contributed by atoms with van der Waals surface area (Å²) in [5.74, 6) is -3.59. The van der Waals surface area contributed by atoms with E-state index in [0.717, 1.165) is 4.90 Å². The first-order valence-electron chi connectivity index (χ1n) is 14.6. The van der Waals surface area contributed by atoms with Gasteiger partial charge in [0.2, 0.25) is 11.8 Å². The Balaban J connectivity index is 0.000000220. The van der Waals surface area contributed by atoms with E-state index >= 15 is 0 Å². The van der Waals surface area contributed by atoms with Crippen molar-refractivity contribution in [2.75, 3.05) is 11.5 Å². The molecule has 2 saturated heterocycles. The lowest BCUT2D eigenvalue weighted by molar-refractivity contribution is -0.150. The van der Waals surface area contributed by atoms with E-state index in [9.17, 15) is 44.1 Å². The van der Waals surface area contributed by atoms with E-state index in [0.29, 0.717) is 22.5 Å². The number of nitrogens with one attached hydrogen (secondary N) is 2. The molecule has 16 nitrogen and oxygen atoms in total. The number of halogens is 1. The molecule has 2 fully saturated rings. The summed E-state index contributed by atoms with van der Waals surface area (Å²) < 4.78 is 0. The number of β-lactam (4-membered cyclic amide) rings is 2. The molecule has 2 aromatic carbocycles. The van der Waals surface area contributed by atoms with Crippen LogP contribution in [0.1, 0.15) is 30.1 Å². The number of phenols is 1. The zero-order chi connectivity index (χ0) is 35.7. The number of carboxylic acid groups (broad SMARTS) is 2. The minimum atomic E-state index is -1.26. The Morgan fingerprint density at radius 2 is 1.22 bits per heavy atom. The average molecular weight is 749 g/mol. The van der Waals surface area contributed by atoms with Crippen LogP contribution >= 0.6 is 35.1 Å². The summed E-state index contributed by atoms with van der Waals surface area (Å²) in [5, 5.41) is 32.1. The quantitative estimate of drug-likeness (QED) is 0.175. The molecule has 6 rings (SSSR count). The van der Waals surface area contributed by atoms with Crippen LogP contribution in [0, 0.1) is 0 Å². The molecule has 4 aliphatic rings. The monoisotopic (exact) mass is 748 g/mol. The third kappa shape index (κ3) is 7.30. The van der Waals surface area contributed by atoms with Crippen molar-refractivity contribution in [1.82, 2.24) is 20.4 Å². The van der Waals surface area contributed by atoms with Crippen LogP contribution in [0.15, 0.2) is 76.6 Å². The van der Waals surface area contributed by atoms with Gasteiger partial charge in [0, 0.05) is 11.5 Å². The number of rotatable bonds is 8. The topological polar surface area (TPSA) is 277 Å². The van der Waals surface area contributed by atoms with Gasteiger partial charge in [-0.2, -0.15) is 0 Å². The number of hydrogen-bond donors (Lipinski definition) is 7. The van der Waals surface area contributed by atoms with Gasteiger partial charge in [-0.15, -0.1) is 23.5 Å². The fourth-order valence-electron chi connectivity index (χ4n) is 5.49. The standard InChI is InChI=1S/C16H17N3O5S.C15H14ClN3O4S.H2O/c1-7-6-25-15-11(14(22)19(15)12(7)16(23)24)18-13(21)10(17)8-2-4-9(20)5-3-8;16-8-6-24-14-10(13(21)19(14)11(8)15(22)23)18-12(20)9(17)7-4-2-1-3-5-7;/h2-5,10-11,15,20H,6,17H2,1H3,(H,18,21)(H,23,24);1-5,9-10,14H,6,17H2,(H,18,20)(H,22,23);1H2/t10-,11-,15-;9-,10-,14-;/m11./s1. The van der Waals surface area contributed by atoms with Gasteiger partial charge in [-0.3, -0.25) is 29.0 Å². The number of carbonyl (C=O) groups excluding carboxylic acids is 4. The molecule has 0 aromatic heterocycles. The molecule has 0 spiro atoms. The van der Waals surface area contributed by atoms with Gasteiger partial charge in [-0.1, -0.05) is 54.1 Å². The van der Waals surface area contributed by atoms with E-state index in [1.54, 1.807) is 31.2 Å². The van der Waals surface area contributed by atoms with E-state index in [4.69, 9.17) is 23.1 Å². The second-order valence-electron chi connectivity index (χ2n) is 11.2. The zero-order valence-corrected chi connectivity index (χ0v) is 28.5. The van der Waals surface area contributed by atoms with Crippen molar-refractivity contribution in [3.8, 4) is 5.75 Å². The van der Waals surface area contributed by atoms with Crippen molar-refractivity contribution < 1.29 is 49.6 Å². The van der Waals surface area contributed by atoms with E-state index in [1.165, 1.54) is 52.7 Å². The molecule has 50 heavy (non-hydrogen) atoms. The van der Waals surface area contributed by atoms with Crippen LogP contribution in [0.4, 0.5) is 0 Å². The zero-order valence-electron chi connectivity index (χ0n) is 26.1. The molecule has 0 saturated carbocycles. The van der Waals surface area contributed by atoms with Crippen LogP contribution in [-0.2, 0) is 28.8 Å². The number of nitrogens with two attached hydrogens (primary N) is 2. The molecule has 0 bridgehead atoms. The molecule has 0 aliphatic carbocycles. The van der Waals surface area contributed by atoms with Crippen LogP contribution in [0.5, 0.6) is 5.75 Å². The third-order valence-electron chi connectivity index (χ3n) is 8.06. The van der Waals surface area contributed by atoms with Crippen molar-refractivity contribution in [1.29, 1.82) is 0 Å². The Hall–Kier alpha value is -4.59. The first kappa shape index (κ1) is 38.2. The van der Waals surface area contributed by atoms with Crippen LogP contribution in [0.3, 0.4) is 0 Å². The number of carboxylic acids is 2. The minimum Gasteiger partial charge on any atom is -0.508 e. The Labute approximate surface area is 298 Å². The number of aromatic hydroxyl groups is 1. The maximum atomic E-state index is 12.3. The summed E-state index contributed by atoms with van der Waals surface area (Å²) in [6.45, 7) is 1.67. The Bertz CT molecular complexity index is 1780. The third-order valence-corrected chi connectivity index (χ3v) is 11.2. The first-order valence-corrected chi connectivity index (χ1v) is 17.1. The van der Waals surface area contributed by atoms with Crippen molar-refractivity contribution >= 4 is 70.7 Å². The molecular formula is C31H33ClN6O10S2. The van der Waals surface area contributed by atoms with Crippen molar-refractivity contribution in [2.24, 2.45) is 11.5 Å². The van der Waals surface area contributed by atoms with Crippen LogP contribution < -0.4 is 22.1 Å². The van der Waals surface area contributed by atoms with Gasteiger partial charge in [0.25, 0.3) is 11.8 Å². The predicted octanol–water partition coefficient (Wildman–Crippen LogP) is -0.0529. The molecule has 6 atom stereocenters. The molecule has 266 valence electrons. The minimum absolute atomic E-state index is 0.